The molecule has 4 heteroatoms. The molecule has 86 valence electrons. The second-order valence-corrected chi connectivity index (χ2v) is 3.54. The molecule has 0 N–H and O–H groups in total. The summed E-state index contributed by atoms with van der Waals surface area (Å²) in [4.78, 5) is 5.10. The molecule has 0 bridgehead atoms. The fourth-order valence-corrected chi connectivity index (χ4v) is 1.70. The third-order valence-corrected chi connectivity index (χ3v) is 2.54. The maximum Gasteiger partial charge on any atom is 0.128 e. The molecular weight excluding hydrogens is 206 g/mol. The van der Waals surface area contributed by atoms with Crippen LogP contribution in [0.3, 0.4) is 0 Å². The fourth-order valence-electron chi connectivity index (χ4n) is 1.70. The Kier molecular flexibility index (Phi) is 3.29. The van der Waals surface area contributed by atoms with E-state index >= 15 is 0 Å². The van der Waals surface area contributed by atoms with E-state index in [1.54, 1.807) is 14.2 Å². The maximum atomic E-state index is 5.31. The molecule has 0 unspecified atom stereocenters. The van der Waals surface area contributed by atoms with Crippen molar-refractivity contribution in [3.05, 3.63) is 23.8 Å². The largest absolute Gasteiger partial charge is 0.497 e. The lowest BCUT2D eigenvalue weighted by molar-refractivity contribution is 0.131. The minimum Gasteiger partial charge on any atom is -0.497 e. The van der Waals surface area contributed by atoms with Gasteiger partial charge in [0.2, 0.25) is 0 Å². The van der Waals surface area contributed by atoms with Crippen LogP contribution in [0.4, 0.5) is 0 Å². The molecule has 1 aromatic carbocycles. The van der Waals surface area contributed by atoms with Crippen molar-refractivity contribution in [2.45, 2.75) is 12.8 Å². The number of nitrogens with zero attached hydrogens (tertiary/aromatic N) is 1. The van der Waals surface area contributed by atoms with Crippen molar-refractivity contribution in [2.75, 3.05) is 20.8 Å². The van der Waals surface area contributed by atoms with Gasteiger partial charge in [-0.3, -0.25) is 0 Å². The van der Waals surface area contributed by atoms with Gasteiger partial charge in [0.15, 0.2) is 0 Å². The van der Waals surface area contributed by atoms with E-state index < -0.39 is 0 Å². The molecule has 0 atom stereocenters. The SMILES string of the molecule is COc1ccc(OC)c(C2=NOCCC2)c1. The molecule has 2 rings (SSSR count). The molecular formula is C12H15NO3. The van der Waals surface area contributed by atoms with Gasteiger partial charge in [0.05, 0.1) is 19.9 Å². The van der Waals surface area contributed by atoms with Crippen LogP contribution in [0.15, 0.2) is 23.4 Å². The summed E-state index contributed by atoms with van der Waals surface area (Å²) < 4.78 is 10.5. The first-order chi connectivity index (χ1) is 7.85. The first kappa shape index (κ1) is 10.8. The predicted octanol–water partition coefficient (Wildman–Crippen LogP) is 2.22. The average Bonchev–Trinajstić information content (AvgIpc) is 2.39. The molecule has 0 saturated heterocycles. The second kappa shape index (κ2) is 4.88. The van der Waals surface area contributed by atoms with Crippen LogP contribution < -0.4 is 9.47 Å². The molecule has 0 fully saturated rings. The van der Waals surface area contributed by atoms with Gasteiger partial charge in [0, 0.05) is 5.56 Å². The van der Waals surface area contributed by atoms with Crippen molar-refractivity contribution in [1.29, 1.82) is 0 Å². The molecule has 0 aliphatic carbocycles. The van der Waals surface area contributed by atoms with Crippen molar-refractivity contribution in [1.82, 2.24) is 0 Å². The Morgan fingerprint density at radius 3 is 2.75 bits per heavy atom. The van der Waals surface area contributed by atoms with Crippen LogP contribution in [0.5, 0.6) is 11.5 Å². The zero-order chi connectivity index (χ0) is 11.4. The third kappa shape index (κ3) is 2.10. The molecule has 0 radical (unpaired) electrons. The number of hydrogen-bond donors (Lipinski definition) is 0. The third-order valence-electron chi connectivity index (χ3n) is 2.54. The summed E-state index contributed by atoms with van der Waals surface area (Å²) in [6, 6.07) is 5.67. The van der Waals surface area contributed by atoms with Crippen LogP contribution in [0.1, 0.15) is 18.4 Å². The zero-order valence-corrected chi connectivity index (χ0v) is 9.53. The molecule has 0 aromatic heterocycles. The summed E-state index contributed by atoms with van der Waals surface area (Å²) >= 11 is 0. The normalized spacial score (nSPS) is 15.0. The summed E-state index contributed by atoms with van der Waals surface area (Å²) in [6.45, 7) is 0.690. The molecule has 0 amide bonds. The van der Waals surface area contributed by atoms with Crippen molar-refractivity contribution in [3.8, 4) is 11.5 Å². The van der Waals surface area contributed by atoms with Gasteiger partial charge in [-0.15, -0.1) is 0 Å². The number of oxime groups is 1. The minimum absolute atomic E-state index is 0.690. The Hall–Kier alpha value is -1.71. The molecule has 1 aliphatic heterocycles. The summed E-state index contributed by atoms with van der Waals surface area (Å²) in [6.07, 6.45) is 1.89. The van der Waals surface area contributed by atoms with E-state index in [4.69, 9.17) is 14.3 Å². The topological polar surface area (TPSA) is 40.0 Å². The van der Waals surface area contributed by atoms with Gasteiger partial charge in [0.1, 0.15) is 18.1 Å². The van der Waals surface area contributed by atoms with Gasteiger partial charge >= 0.3 is 0 Å². The minimum atomic E-state index is 0.690. The second-order valence-electron chi connectivity index (χ2n) is 3.54. The monoisotopic (exact) mass is 221 g/mol. The van der Waals surface area contributed by atoms with Crippen LogP contribution in [0.25, 0.3) is 0 Å². The molecule has 1 aromatic rings. The van der Waals surface area contributed by atoms with Crippen LogP contribution >= 0.6 is 0 Å². The maximum absolute atomic E-state index is 5.31. The highest BCUT2D eigenvalue weighted by Gasteiger charge is 2.15. The first-order valence-corrected chi connectivity index (χ1v) is 5.26. The van der Waals surface area contributed by atoms with E-state index in [-0.39, 0.29) is 0 Å². The highest BCUT2D eigenvalue weighted by molar-refractivity contribution is 6.03. The van der Waals surface area contributed by atoms with E-state index in [0.29, 0.717) is 6.61 Å². The van der Waals surface area contributed by atoms with Gasteiger partial charge in [-0.25, -0.2) is 0 Å². The van der Waals surface area contributed by atoms with E-state index in [9.17, 15) is 0 Å². The first-order valence-electron chi connectivity index (χ1n) is 5.26. The predicted molar refractivity (Wildman–Crippen MR) is 61.3 cm³/mol. The van der Waals surface area contributed by atoms with Crippen LogP contribution in [-0.2, 0) is 4.84 Å². The zero-order valence-electron chi connectivity index (χ0n) is 9.53. The van der Waals surface area contributed by atoms with Crippen molar-refractivity contribution < 1.29 is 14.3 Å². The highest BCUT2D eigenvalue weighted by atomic mass is 16.6. The summed E-state index contributed by atoms with van der Waals surface area (Å²) in [7, 11) is 3.29. The average molecular weight is 221 g/mol. The Balaban J connectivity index is 2.39. The molecule has 1 aliphatic rings. The van der Waals surface area contributed by atoms with Crippen LogP contribution in [0, 0.1) is 0 Å². The van der Waals surface area contributed by atoms with Crippen molar-refractivity contribution >= 4 is 5.71 Å². The van der Waals surface area contributed by atoms with Gasteiger partial charge < -0.3 is 14.3 Å². The lowest BCUT2D eigenvalue weighted by Crippen LogP contribution is -2.10. The Labute approximate surface area is 94.8 Å². The molecule has 16 heavy (non-hydrogen) atoms. The highest BCUT2D eigenvalue weighted by Crippen LogP contribution is 2.26. The van der Waals surface area contributed by atoms with E-state index in [2.05, 4.69) is 5.16 Å². The fraction of sp³-hybridized carbons (Fsp3) is 0.417. The molecule has 0 saturated carbocycles. The number of ether oxygens (including phenoxy) is 2. The summed E-state index contributed by atoms with van der Waals surface area (Å²) in [5.41, 5.74) is 1.86. The Morgan fingerprint density at radius 1 is 1.25 bits per heavy atom. The van der Waals surface area contributed by atoms with Gasteiger partial charge in [-0.1, -0.05) is 5.16 Å². The lowest BCUT2D eigenvalue weighted by atomic mass is 10.0. The molecule has 1 heterocycles. The summed E-state index contributed by atoms with van der Waals surface area (Å²) in [5, 5.41) is 4.06. The quantitative estimate of drug-likeness (QED) is 0.785. The standard InChI is InChI=1S/C12H15NO3/c1-14-9-5-6-12(15-2)10(8-9)11-4-3-7-16-13-11/h5-6,8H,3-4,7H2,1-2H3. The lowest BCUT2D eigenvalue weighted by Gasteiger charge is -2.15. The van der Waals surface area contributed by atoms with E-state index in [1.807, 2.05) is 18.2 Å². The van der Waals surface area contributed by atoms with Gasteiger partial charge in [-0.2, -0.15) is 0 Å². The molecule has 4 nitrogen and oxygen atoms in total. The Bertz CT molecular complexity index is 401. The smallest absolute Gasteiger partial charge is 0.128 e. The van der Waals surface area contributed by atoms with Crippen LogP contribution in [-0.4, -0.2) is 26.5 Å². The van der Waals surface area contributed by atoms with Crippen LogP contribution in [0.2, 0.25) is 0 Å². The number of methoxy groups -OCH3 is 2. The molecule has 0 spiro atoms. The summed E-state index contributed by atoms with van der Waals surface area (Å²) in [5.74, 6) is 1.59. The van der Waals surface area contributed by atoms with E-state index in [1.165, 1.54) is 0 Å². The Morgan fingerprint density at radius 2 is 2.12 bits per heavy atom. The van der Waals surface area contributed by atoms with E-state index in [0.717, 1.165) is 35.6 Å². The van der Waals surface area contributed by atoms with Gasteiger partial charge in [0.25, 0.3) is 0 Å². The van der Waals surface area contributed by atoms with Crippen molar-refractivity contribution in [3.63, 3.8) is 0 Å². The number of benzene rings is 1. The van der Waals surface area contributed by atoms with Gasteiger partial charge in [-0.05, 0) is 31.0 Å². The number of hydrogen-bond acceptors (Lipinski definition) is 4. The van der Waals surface area contributed by atoms with Crippen molar-refractivity contribution in [2.24, 2.45) is 5.16 Å². The number of rotatable bonds is 3.